The normalized spacial score (nSPS) is 11.9. The molecule has 0 aliphatic rings. The summed E-state index contributed by atoms with van der Waals surface area (Å²) < 4.78 is 1.17. The molecule has 0 aromatic heterocycles. The molecular weight excluding hydrogens is 384 g/mol. The summed E-state index contributed by atoms with van der Waals surface area (Å²) >= 11 is 3.49. The van der Waals surface area contributed by atoms with E-state index in [0.29, 0.717) is 0 Å². The van der Waals surface area contributed by atoms with E-state index in [2.05, 4.69) is 93.2 Å². The van der Waals surface area contributed by atoms with Crippen LogP contribution in [-0.4, -0.2) is 8.07 Å². The van der Waals surface area contributed by atoms with Gasteiger partial charge in [-0.2, -0.15) is 0 Å². The van der Waals surface area contributed by atoms with Crippen molar-refractivity contribution in [3.63, 3.8) is 0 Å². The van der Waals surface area contributed by atoms with Crippen molar-refractivity contribution in [3.8, 4) is 11.5 Å². The molecule has 0 bridgehead atoms. The monoisotopic (exact) mass is 420 g/mol. The lowest BCUT2D eigenvalue weighted by molar-refractivity contribution is 0.650. The van der Waals surface area contributed by atoms with Gasteiger partial charge >= 0.3 is 0 Å². The maximum Gasteiger partial charge on any atom is 0.145 e. The maximum absolute atomic E-state index is 3.84. The van der Waals surface area contributed by atoms with Crippen molar-refractivity contribution in [2.24, 2.45) is 0 Å². The molecule has 1 rings (SSSR count). The van der Waals surface area contributed by atoms with E-state index < -0.39 is 8.07 Å². The van der Waals surface area contributed by atoms with E-state index in [1.807, 2.05) is 0 Å². The summed E-state index contributed by atoms with van der Waals surface area (Å²) in [5.74, 6) is 3.59. The Morgan fingerprint density at radius 2 is 1.32 bits per heavy atom. The largest absolute Gasteiger partial charge is 0.145 e. The number of hydrogen-bond donors (Lipinski definition) is 0. The van der Waals surface area contributed by atoms with Crippen molar-refractivity contribution in [1.82, 2.24) is 0 Å². The molecule has 0 atom stereocenters. The zero-order valence-electron chi connectivity index (χ0n) is 17.2. The second kappa shape index (κ2) is 11.2. The summed E-state index contributed by atoms with van der Waals surface area (Å²) in [5, 5.41) is 0. The van der Waals surface area contributed by atoms with E-state index in [1.54, 1.807) is 0 Å². The SMILES string of the molecule is CC(C)[Si](C#CCCCCCCc1ccc(Br)cc1)(C(C)C)C(C)C. The summed E-state index contributed by atoms with van der Waals surface area (Å²) in [7, 11) is -1.52. The standard InChI is InChI=1S/C23H37BrSi/c1-19(2)25(20(3)4,21(5)6)18-12-10-8-7-9-11-13-22-14-16-23(24)17-15-22/h14-17,19-21H,7-11,13H2,1-6H3. The van der Waals surface area contributed by atoms with Crippen molar-refractivity contribution in [3.05, 3.63) is 34.3 Å². The third-order valence-corrected chi connectivity index (χ3v) is 12.5. The van der Waals surface area contributed by atoms with Gasteiger partial charge in [-0.05, 0) is 53.6 Å². The molecule has 140 valence electrons. The predicted octanol–water partition coefficient (Wildman–Crippen LogP) is 8.16. The van der Waals surface area contributed by atoms with Crippen molar-refractivity contribution >= 4 is 24.0 Å². The van der Waals surface area contributed by atoms with Crippen molar-refractivity contribution < 1.29 is 0 Å². The van der Waals surface area contributed by atoms with Crippen molar-refractivity contribution in [2.45, 2.75) is 96.7 Å². The summed E-state index contributed by atoms with van der Waals surface area (Å²) in [6.07, 6.45) is 7.45. The molecule has 0 nitrogen and oxygen atoms in total. The molecule has 0 unspecified atom stereocenters. The van der Waals surface area contributed by atoms with E-state index >= 15 is 0 Å². The van der Waals surface area contributed by atoms with Crippen LogP contribution in [0.15, 0.2) is 28.7 Å². The van der Waals surface area contributed by atoms with Gasteiger partial charge in [-0.15, -0.1) is 11.5 Å². The maximum atomic E-state index is 3.84. The minimum Gasteiger partial charge on any atom is -0.130 e. The van der Waals surface area contributed by atoms with Gasteiger partial charge in [0.05, 0.1) is 0 Å². The van der Waals surface area contributed by atoms with E-state index in [1.165, 1.54) is 42.1 Å². The first kappa shape index (κ1) is 22.5. The van der Waals surface area contributed by atoms with E-state index in [-0.39, 0.29) is 0 Å². The molecule has 2 heteroatoms. The fourth-order valence-electron chi connectivity index (χ4n) is 4.20. The highest BCUT2D eigenvalue weighted by Crippen LogP contribution is 2.40. The second-order valence-corrected chi connectivity index (χ2v) is 14.7. The summed E-state index contributed by atoms with van der Waals surface area (Å²) in [6, 6.07) is 8.73. The Hall–Kier alpha value is -0.523. The molecule has 0 aliphatic carbocycles. The molecule has 0 fully saturated rings. The Morgan fingerprint density at radius 1 is 0.800 bits per heavy atom. The van der Waals surface area contributed by atoms with Gasteiger partial charge in [0.25, 0.3) is 0 Å². The van der Waals surface area contributed by atoms with Gasteiger partial charge in [0.15, 0.2) is 0 Å². The number of hydrogen-bond acceptors (Lipinski definition) is 0. The third kappa shape index (κ3) is 6.95. The van der Waals surface area contributed by atoms with Crippen LogP contribution in [0.1, 0.15) is 79.2 Å². The van der Waals surface area contributed by atoms with Crippen LogP contribution in [0.3, 0.4) is 0 Å². The van der Waals surface area contributed by atoms with E-state index in [4.69, 9.17) is 0 Å². The van der Waals surface area contributed by atoms with Gasteiger partial charge in [0, 0.05) is 10.9 Å². The average molecular weight is 422 g/mol. The zero-order valence-corrected chi connectivity index (χ0v) is 19.7. The Kier molecular flexibility index (Phi) is 10.1. The quantitative estimate of drug-likeness (QED) is 0.214. The minimum atomic E-state index is -1.52. The first-order chi connectivity index (χ1) is 11.8. The topological polar surface area (TPSA) is 0 Å². The highest BCUT2D eigenvalue weighted by molar-refractivity contribution is 9.10. The lowest BCUT2D eigenvalue weighted by Gasteiger charge is -2.38. The van der Waals surface area contributed by atoms with Gasteiger partial charge in [-0.25, -0.2) is 0 Å². The molecule has 0 radical (unpaired) electrons. The van der Waals surface area contributed by atoms with Crippen LogP contribution in [-0.2, 0) is 6.42 Å². The van der Waals surface area contributed by atoms with Gasteiger partial charge in [0.2, 0.25) is 0 Å². The number of halogens is 1. The molecule has 1 aromatic rings. The molecule has 0 saturated carbocycles. The molecule has 0 aliphatic heterocycles. The van der Waals surface area contributed by atoms with E-state index in [0.717, 1.165) is 23.0 Å². The van der Waals surface area contributed by atoms with Crippen molar-refractivity contribution in [2.75, 3.05) is 0 Å². The lowest BCUT2D eigenvalue weighted by Crippen LogP contribution is -2.43. The van der Waals surface area contributed by atoms with Gasteiger partial charge in [-0.1, -0.05) is 82.4 Å². The van der Waals surface area contributed by atoms with Crippen LogP contribution in [0.4, 0.5) is 0 Å². The molecule has 0 amide bonds. The molecule has 0 saturated heterocycles. The summed E-state index contributed by atoms with van der Waals surface area (Å²) in [4.78, 5) is 0. The van der Waals surface area contributed by atoms with Crippen LogP contribution in [0, 0.1) is 11.5 Å². The predicted molar refractivity (Wildman–Crippen MR) is 120 cm³/mol. The Labute approximate surface area is 166 Å². The Bertz CT molecular complexity index is 524. The van der Waals surface area contributed by atoms with E-state index in [9.17, 15) is 0 Å². The fourth-order valence-corrected chi connectivity index (χ4v) is 9.76. The molecule has 0 N–H and O–H groups in total. The van der Waals surface area contributed by atoms with Crippen LogP contribution < -0.4 is 0 Å². The smallest absolute Gasteiger partial charge is 0.130 e. The molecule has 0 heterocycles. The zero-order chi connectivity index (χ0) is 18.9. The lowest BCUT2D eigenvalue weighted by atomic mass is 10.1. The van der Waals surface area contributed by atoms with Crippen LogP contribution in [0.5, 0.6) is 0 Å². The first-order valence-corrected chi connectivity index (χ1v) is 13.1. The number of unbranched alkanes of at least 4 members (excludes halogenated alkanes) is 4. The van der Waals surface area contributed by atoms with Gasteiger partial charge in [0.1, 0.15) is 8.07 Å². The number of benzene rings is 1. The van der Waals surface area contributed by atoms with Crippen LogP contribution in [0.25, 0.3) is 0 Å². The molecular formula is C23H37BrSi. The first-order valence-electron chi connectivity index (χ1n) is 10.0. The fraction of sp³-hybridized carbons (Fsp3) is 0.652. The average Bonchev–Trinajstić information content (AvgIpc) is 2.54. The highest BCUT2D eigenvalue weighted by atomic mass is 79.9. The van der Waals surface area contributed by atoms with Crippen molar-refractivity contribution in [1.29, 1.82) is 0 Å². The van der Waals surface area contributed by atoms with Gasteiger partial charge in [-0.3, -0.25) is 0 Å². The molecule has 25 heavy (non-hydrogen) atoms. The van der Waals surface area contributed by atoms with Crippen LogP contribution in [0.2, 0.25) is 16.6 Å². The Morgan fingerprint density at radius 3 is 1.84 bits per heavy atom. The minimum absolute atomic E-state index is 0.742. The summed E-state index contributed by atoms with van der Waals surface area (Å²) in [5.41, 5.74) is 7.51. The van der Waals surface area contributed by atoms with Crippen LogP contribution >= 0.6 is 15.9 Å². The molecule has 1 aromatic carbocycles. The molecule has 0 spiro atoms. The summed E-state index contributed by atoms with van der Waals surface area (Å²) in [6.45, 7) is 14.4. The third-order valence-electron chi connectivity index (χ3n) is 5.60. The number of aryl methyl sites for hydroxylation is 1. The second-order valence-electron chi connectivity index (χ2n) is 8.24. The number of rotatable bonds is 9. The van der Waals surface area contributed by atoms with Gasteiger partial charge < -0.3 is 0 Å². The highest BCUT2D eigenvalue weighted by Gasteiger charge is 2.41. The Balaban J connectivity index is 2.35.